The van der Waals surface area contributed by atoms with Gasteiger partial charge >= 0.3 is 0 Å². The number of hydrogen-bond donors (Lipinski definition) is 2. The average Bonchev–Trinajstić information content (AvgIpc) is 3.40. The van der Waals surface area contributed by atoms with Gasteiger partial charge in [0.2, 0.25) is 10.0 Å². The summed E-state index contributed by atoms with van der Waals surface area (Å²) < 4.78 is 55.5. The second-order valence-electron chi connectivity index (χ2n) is 10.1. The van der Waals surface area contributed by atoms with Crippen LogP contribution >= 0.6 is 0 Å². The number of benzene rings is 1. The van der Waals surface area contributed by atoms with Crippen LogP contribution in [0.4, 0.5) is 14.6 Å². The van der Waals surface area contributed by atoms with Crippen molar-refractivity contribution in [3.05, 3.63) is 76.7 Å². The maximum atomic E-state index is 13.8. The number of carbonyl (C=O) groups is 1. The van der Waals surface area contributed by atoms with Crippen LogP contribution < -0.4 is 5.32 Å². The predicted octanol–water partition coefficient (Wildman–Crippen LogP) is 3.72. The lowest BCUT2D eigenvalue weighted by atomic mass is 10.0. The van der Waals surface area contributed by atoms with E-state index in [0.717, 1.165) is 48.3 Å². The van der Waals surface area contributed by atoms with E-state index in [1.54, 1.807) is 32.9 Å². The van der Waals surface area contributed by atoms with Crippen molar-refractivity contribution >= 4 is 21.7 Å². The number of H-pyrrole nitrogens is 1. The minimum atomic E-state index is -4.27. The first kappa shape index (κ1) is 28.7. The monoisotopic (exact) mass is 560 g/mol. The van der Waals surface area contributed by atoms with Gasteiger partial charge in [-0.3, -0.25) is 9.89 Å². The molecule has 1 amide bonds. The molecule has 0 radical (unpaired) electrons. The third-order valence-electron chi connectivity index (χ3n) is 7.23. The van der Waals surface area contributed by atoms with Crippen molar-refractivity contribution in [1.82, 2.24) is 24.3 Å². The molecule has 3 heterocycles. The first-order chi connectivity index (χ1) is 18.4. The summed E-state index contributed by atoms with van der Waals surface area (Å²) in [7, 11) is -2.18. The largest absolute Gasteiger partial charge is 0.369 e. The van der Waals surface area contributed by atoms with E-state index in [1.165, 1.54) is 0 Å². The third kappa shape index (κ3) is 5.68. The van der Waals surface area contributed by atoms with Gasteiger partial charge in [0.05, 0.1) is 16.1 Å². The van der Waals surface area contributed by atoms with Gasteiger partial charge in [-0.15, -0.1) is 0 Å². The fourth-order valence-corrected chi connectivity index (χ4v) is 6.66. The van der Waals surface area contributed by atoms with Gasteiger partial charge in [-0.05, 0) is 59.0 Å². The van der Waals surface area contributed by atoms with Crippen LogP contribution in [-0.2, 0) is 26.9 Å². The van der Waals surface area contributed by atoms with Crippen molar-refractivity contribution in [1.29, 1.82) is 0 Å². The molecule has 0 spiro atoms. The number of fused-ring (bicyclic) bond motifs is 1. The predicted molar refractivity (Wildman–Crippen MR) is 145 cm³/mol. The molecule has 0 atom stereocenters. The number of nitrogens with one attached hydrogen (secondary N) is 2. The number of sulfonamides is 1. The Morgan fingerprint density at radius 1 is 1.05 bits per heavy atom. The Morgan fingerprint density at radius 2 is 1.69 bits per heavy atom. The molecule has 1 fully saturated rings. The minimum absolute atomic E-state index is 0.137. The van der Waals surface area contributed by atoms with E-state index in [-0.39, 0.29) is 12.4 Å². The Hall–Kier alpha value is -3.35. The molecule has 0 bridgehead atoms. The highest BCUT2D eigenvalue weighted by Gasteiger charge is 2.48. The Labute approximate surface area is 227 Å². The molecule has 0 unspecified atom stereocenters. The number of nitrogens with zero attached hydrogens (tertiary/aromatic N) is 4. The number of hydrogen-bond acceptors (Lipinski definition) is 6. The van der Waals surface area contributed by atoms with E-state index in [0.29, 0.717) is 22.9 Å². The fraction of sp³-hybridized carbons (Fsp3) is 0.407. The highest BCUT2D eigenvalue weighted by Crippen LogP contribution is 2.43. The zero-order valence-electron chi connectivity index (χ0n) is 22.8. The first-order valence-corrected chi connectivity index (χ1v) is 14.1. The molecule has 2 aromatic rings. The number of allylic oxidation sites excluding steroid dienone is 3. The number of aromatic amines is 1. The number of anilines is 1. The third-order valence-corrected chi connectivity index (χ3v) is 9.23. The average molecular weight is 561 g/mol. The molecule has 1 aromatic carbocycles. The van der Waals surface area contributed by atoms with Gasteiger partial charge in [0.15, 0.2) is 5.82 Å². The number of carbonyl (C=O) groups excluding carboxylic acids is 1. The number of likely N-dealkylation sites (N-methyl/N-ethyl adjacent to an activating group) is 1. The quantitative estimate of drug-likeness (QED) is 0.396. The molecular weight excluding hydrogens is 526 g/mol. The molecule has 0 saturated carbocycles. The lowest BCUT2D eigenvalue weighted by Gasteiger charge is -2.34. The van der Waals surface area contributed by atoms with Crippen LogP contribution in [0.3, 0.4) is 0 Å². The summed E-state index contributed by atoms with van der Waals surface area (Å²) in [5, 5.41) is 9.86. The van der Waals surface area contributed by atoms with E-state index < -0.39 is 38.0 Å². The van der Waals surface area contributed by atoms with Crippen LogP contribution in [0.25, 0.3) is 0 Å². The highest BCUT2D eigenvalue weighted by atomic mass is 32.2. The second kappa shape index (κ2) is 11.0. The normalized spacial score (nSPS) is 19.1. The minimum Gasteiger partial charge on any atom is -0.369 e. The molecule has 39 heavy (non-hydrogen) atoms. The summed E-state index contributed by atoms with van der Waals surface area (Å²) in [6.07, 6.45) is 7.35. The van der Waals surface area contributed by atoms with Crippen LogP contribution in [0.1, 0.15) is 39.0 Å². The lowest BCUT2D eigenvalue weighted by Crippen LogP contribution is -2.43. The maximum absolute atomic E-state index is 13.8. The summed E-state index contributed by atoms with van der Waals surface area (Å²) >= 11 is 0. The van der Waals surface area contributed by atoms with Crippen LogP contribution in [0, 0.1) is 11.6 Å². The van der Waals surface area contributed by atoms with Crippen LogP contribution in [0.5, 0.6) is 0 Å². The summed E-state index contributed by atoms with van der Waals surface area (Å²) in [5.41, 5.74) is 1.30. The van der Waals surface area contributed by atoms with Gasteiger partial charge in [0.1, 0.15) is 11.6 Å². The number of rotatable bonds is 7. The van der Waals surface area contributed by atoms with Crippen LogP contribution in [0.15, 0.2) is 58.7 Å². The van der Waals surface area contributed by atoms with Gasteiger partial charge in [0, 0.05) is 55.6 Å². The number of amides is 1. The molecule has 2 aliphatic rings. The fourth-order valence-electron chi connectivity index (χ4n) is 4.89. The summed E-state index contributed by atoms with van der Waals surface area (Å²) in [6.45, 7) is 10.6. The molecule has 2 aliphatic heterocycles. The molecule has 0 aliphatic carbocycles. The summed E-state index contributed by atoms with van der Waals surface area (Å²) in [5.74, 6) is -2.17. The van der Waals surface area contributed by atoms with Gasteiger partial charge in [0.25, 0.3) is 5.91 Å². The van der Waals surface area contributed by atoms with E-state index in [9.17, 15) is 22.0 Å². The van der Waals surface area contributed by atoms with Gasteiger partial charge in [-0.1, -0.05) is 12.2 Å². The van der Waals surface area contributed by atoms with E-state index in [4.69, 9.17) is 0 Å². The lowest BCUT2D eigenvalue weighted by molar-refractivity contribution is -0.112. The van der Waals surface area contributed by atoms with Crippen molar-refractivity contribution in [3.8, 4) is 0 Å². The molecule has 2 N–H and O–H groups in total. The van der Waals surface area contributed by atoms with E-state index in [2.05, 4.69) is 32.4 Å². The van der Waals surface area contributed by atoms with Crippen molar-refractivity contribution < 1.29 is 22.0 Å². The van der Waals surface area contributed by atoms with Crippen molar-refractivity contribution in [2.45, 2.75) is 44.7 Å². The Kier molecular flexibility index (Phi) is 8.10. The molecule has 1 aromatic heterocycles. The van der Waals surface area contributed by atoms with Crippen molar-refractivity contribution in [3.63, 3.8) is 0 Å². The summed E-state index contributed by atoms with van der Waals surface area (Å²) in [4.78, 5) is 17.2. The Balaban J connectivity index is 1.52. The smallest absolute Gasteiger partial charge is 0.256 e. The zero-order valence-corrected chi connectivity index (χ0v) is 23.6. The van der Waals surface area contributed by atoms with Crippen LogP contribution in [-0.4, -0.2) is 71.9 Å². The standard InChI is InChI=1S/C27H34F2N6O3S/c1-6-18(8-9-21(7-2)34-12-10-33(5)11-13-34)26(36)30-25-23-17-35(27(3,4)24(23)31-32-25)39(37,38)22-15-19(28)14-20(29)16-22/h6-9,14-16H,10-13,17H2,1-5H3,(H2,30,31,32,36)/b9-8-,18-6+,21-7+. The Morgan fingerprint density at radius 3 is 2.28 bits per heavy atom. The molecule has 1 saturated heterocycles. The number of aromatic nitrogens is 2. The summed E-state index contributed by atoms with van der Waals surface area (Å²) in [6, 6.07) is 2.19. The molecule has 9 nitrogen and oxygen atoms in total. The van der Waals surface area contributed by atoms with E-state index in [1.807, 2.05) is 19.1 Å². The zero-order chi connectivity index (χ0) is 28.5. The van der Waals surface area contributed by atoms with Crippen molar-refractivity contribution in [2.75, 3.05) is 38.5 Å². The van der Waals surface area contributed by atoms with Gasteiger partial charge in [-0.2, -0.15) is 9.40 Å². The number of halogens is 2. The van der Waals surface area contributed by atoms with Gasteiger partial charge < -0.3 is 15.1 Å². The molecule has 12 heteroatoms. The Bertz CT molecular complexity index is 1430. The number of piperazine rings is 1. The first-order valence-electron chi connectivity index (χ1n) is 12.7. The van der Waals surface area contributed by atoms with Crippen LogP contribution in [0.2, 0.25) is 0 Å². The molecular formula is C27H34F2N6O3S. The topological polar surface area (TPSA) is 102 Å². The molecule has 210 valence electrons. The second-order valence-corrected chi connectivity index (χ2v) is 12.0. The maximum Gasteiger partial charge on any atom is 0.256 e. The van der Waals surface area contributed by atoms with Gasteiger partial charge in [-0.25, -0.2) is 17.2 Å². The SMILES string of the molecule is C\C=C(/C=C\C(=C/C)N1CCN(C)CC1)C(=O)Nc1n[nH]c2c1CN(S(=O)(=O)c1cc(F)cc(F)c1)C2(C)C. The van der Waals surface area contributed by atoms with E-state index >= 15 is 0 Å². The highest BCUT2D eigenvalue weighted by molar-refractivity contribution is 7.89. The van der Waals surface area contributed by atoms with Crippen molar-refractivity contribution in [2.24, 2.45) is 0 Å². The molecule has 4 rings (SSSR count).